The second kappa shape index (κ2) is 6.44. The van der Waals surface area contributed by atoms with Crippen molar-refractivity contribution in [1.29, 1.82) is 0 Å². The van der Waals surface area contributed by atoms with Gasteiger partial charge in [0.15, 0.2) is 0 Å². The van der Waals surface area contributed by atoms with E-state index in [4.69, 9.17) is 11.6 Å². The van der Waals surface area contributed by atoms with Crippen LogP contribution in [0, 0.1) is 0 Å². The standard InChI is InChI=1S/C15H14ClF3N2O/c1-2-21-7-3-4-13(14(21)22)20-9-10-5-6-12(16)11(8-10)15(17,18)19/h3-8,20H,2,9H2,1H3. The summed E-state index contributed by atoms with van der Waals surface area (Å²) >= 11 is 5.57. The second-order valence-corrected chi connectivity index (χ2v) is 5.09. The summed E-state index contributed by atoms with van der Waals surface area (Å²) in [6.07, 6.45) is -2.85. The second-order valence-electron chi connectivity index (χ2n) is 4.68. The van der Waals surface area contributed by atoms with Crippen LogP contribution in [-0.4, -0.2) is 4.57 Å². The Labute approximate surface area is 130 Å². The van der Waals surface area contributed by atoms with Gasteiger partial charge in [-0.25, -0.2) is 0 Å². The van der Waals surface area contributed by atoms with Crippen LogP contribution >= 0.6 is 11.6 Å². The lowest BCUT2D eigenvalue weighted by Gasteiger charge is -2.12. The first-order chi connectivity index (χ1) is 10.3. The molecule has 0 saturated heterocycles. The van der Waals surface area contributed by atoms with Crippen molar-refractivity contribution in [3.8, 4) is 0 Å². The van der Waals surface area contributed by atoms with E-state index in [2.05, 4.69) is 5.32 Å². The molecule has 0 unspecified atom stereocenters. The number of nitrogens with one attached hydrogen (secondary N) is 1. The maximum Gasteiger partial charge on any atom is 0.417 e. The van der Waals surface area contributed by atoms with Gasteiger partial charge in [-0.15, -0.1) is 0 Å². The molecular weight excluding hydrogens is 317 g/mol. The summed E-state index contributed by atoms with van der Waals surface area (Å²) in [5, 5.41) is 2.52. The van der Waals surface area contributed by atoms with E-state index in [9.17, 15) is 18.0 Å². The quantitative estimate of drug-likeness (QED) is 0.913. The fourth-order valence-corrected chi connectivity index (χ4v) is 2.24. The molecule has 0 fully saturated rings. The first-order valence-corrected chi connectivity index (χ1v) is 6.99. The molecule has 0 spiro atoms. The minimum atomic E-state index is -4.51. The fourth-order valence-electron chi connectivity index (χ4n) is 2.02. The van der Waals surface area contributed by atoms with Crippen molar-refractivity contribution in [1.82, 2.24) is 4.57 Å². The highest BCUT2D eigenvalue weighted by atomic mass is 35.5. The molecule has 0 atom stereocenters. The summed E-state index contributed by atoms with van der Waals surface area (Å²) in [6, 6.07) is 6.98. The molecule has 0 aliphatic carbocycles. The predicted octanol–water partition coefficient (Wildman–Crippen LogP) is 4.15. The van der Waals surface area contributed by atoms with E-state index < -0.39 is 11.7 Å². The first-order valence-electron chi connectivity index (χ1n) is 6.62. The molecule has 0 amide bonds. The topological polar surface area (TPSA) is 34.0 Å². The molecule has 22 heavy (non-hydrogen) atoms. The maximum atomic E-state index is 12.8. The molecule has 118 valence electrons. The number of halogens is 4. The number of hydrogen-bond donors (Lipinski definition) is 1. The molecule has 3 nitrogen and oxygen atoms in total. The van der Waals surface area contributed by atoms with Crippen molar-refractivity contribution in [2.24, 2.45) is 0 Å². The van der Waals surface area contributed by atoms with Crippen molar-refractivity contribution < 1.29 is 13.2 Å². The molecule has 0 saturated carbocycles. The Kier molecular flexibility index (Phi) is 4.81. The van der Waals surface area contributed by atoms with Gasteiger partial charge >= 0.3 is 6.18 Å². The van der Waals surface area contributed by atoms with Gasteiger partial charge < -0.3 is 9.88 Å². The van der Waals surface area contributed by atoms with E-state index in [0.717, 1.165) is 6.07 Å². The normalized spacial score (nSPS) is 11.5. The van der Waals surface area contributed by atoms with Crippen LogP contribution in [0.2, 0.25) is 5.02 Å². The lowest BCUT2D eigenvalue weighted by molar-refractivity contribution is -0.137. The van der Waals surface area contributed by atoms with Crippen LogP contribution in [-0.2, 0) is 19.3 Å². The molecule has 7 heteroatoms. The van der Waals surface area contributed by atoms with E-state index >= 15 is 0 Å². The molecule has 1 aromatic carbocycles. The van der Waals surface area contributed by atoms with E-state index in [1.165, 1.54) is 16.7 Å². The van der Waals surface area contributed by atoms with Crippen LogP contribution in [0.4, 0.5) is 18.9 Å². The Morgan fingerprint density at radius 2 is 2.00 bits per heavy atom. The highest BCUT2D eigenvalue weighted by molar-refractivity contribution is 6.31. The first kappa shape index (κ1) is 16.4. The number of aromatic nitrogens is 1. The predicted molar refractivity (Wildman–Crippen MR) is 80.2 cm³/mol. The summed E-state index contributed by atoms with van der Waals surface area (Å²) < 4.78 is 39.9. The third kappa shape index (κ3) is 3.62. The lowest BCUT2D eigenvalue weighted by atomic mass is 10.1. The zero-order valence-electron chi connectivity index (χ0n) is 11.7. The van der Waals surface area contributed by atoms with Gasteiger partial charge in [0.1, 0.15) is 5.69 Å². The van der Waals surface area contributed by atoms with E-state index in [0.29, 0.717) is 17.8 Å². The smallest absolute Gasteiger partial charge is 0.377 e. The number of aryl methyl sites for hydroxylation is 1. The van der Waals surface area contributed by atoms with Crippen LogP contribution in [0.5, 0.6) is 0 Å². The number of hydrogen-bond acceptors (Lipinski definition) is 2. The largest absolute Gasteiger partial charge is 0.417 e. The van der Waals surface area contributed by atoms with Crippen molar-refractivity contribution in [2.75, 3.05) is 5.32 Å². The van der Waals surface area contributed by atoms with Crippen molar-refractivity contribution in [2.45, 2.75) is 26.2 Å². The summed E-state index contributed by atoms with van der Waals surface area (Å²) in [7, 11) is 0. The SMILES string of the molecule is CCn1cccc(NCc2ccc(Cl)c(C(F)(F)F)c2)c1=O. The van der Waals surface area contributed by atoms with Crippen LogP contribution in [0.25, 0.3) is 0 Å². The van der Waals surface area contributed by atoms with Crippen molar-refractivity contribution in [3.63, 3.8) is 0 Å². The highest BCUT2D eigenvalue weighted by Crippen LogP contribution is 2.35. The summed E-state index contributed by atoms with van der Waals surface area (Å²) in [4.78, 5) is 12.0. The van der Waals surface area contributed by atoms with E-state index in [-0.39, 0.29) is 17.1 Å². The van der Waals surface area contributed by atoms with Gasteiger partial charge in [0, 0.05) is 19.3 Å². The monoisotopic (exact) mass is 330 g/mol. The zero-order valence-corrected chi connectivity index (χ0v) is 12.5. The lowest BCUT2D eigenvalue weighted by Crippen LogP contribution is -2.22. The Bertz CT molecular complexity index is 725. The van der Waals surface area contributed by atoms with Crippen LogP contribution in [0.1, 0.15) is 18.1 Å². The Morgan fingerprint density at radius 1 is 1.27 bits per heavy atom. The van der Waals surface area contributed by atoms with Gasteiger partial charge in [-0.1, -0.05) is 17.7 Å². The molecule has 2 rings (SSSR count). The average Bonchev–Trinajstić information content (AvgIpc) is 2.46. The third-order valence-corrected chi connectivity index (χ3v) is 3.51. The summed E-state index contributed by atoms with van der Waals surface area (Å²) in [5.41, 5.74) is -0.363. The summed E-state index contributed by atoms with van der Waals surface area (Å²) in [5.74, 6) is 0. The van der Waals surface area contributed by atoms with Gasteiger partial charge in [0.25, 0.3) is 5.56 Å². The van der Waals surface area contributed by atoms with E-state index in [1.807, 2.05) is 6.92 Å². The molecule has 1 N–H and O–H groups in total. The average molecular weight is 331 g/mol. The zero-order chi connectivity index (χ0) is 16.3. The highest BCUT2D eigenvalue weighted by Gasteiger charge is 2.33. The Morgan fingerprint density at radius 3 is 2.64 bits per heavy atom. The number of benzene rings is 1. The number of alkyl halides is 3. The molecule has 0 radical (unpaired) electrons. The molecule has 1 heterocycles. The molecule has 1 aromatic heterocycles. The molecular formula is C15H14ClF3N2O. The van der Waals surface area contributed by atoms with Crippen LogP contribution in [0.3, 0.4) is 0 Å². The fraction of sp³-hybridized carbons (Fsp3) is 0.267. The Balaban J connectivity index is 2.21. The minimum Gasteiger partial charge on any atom is -0.377 e. The van der Waals surface area contributed by atoms with Gasteiger partial charge in [-0.3, -0.25) is 4.79 Å². The third-order valence-electron chi connectivity index (χ3n) is 3.18. The van der Waals surface area contributed by atoms with Gasteiger partial charge in [-0.2, -0.15) is 13.2 Å². The number of rotatable bonds is 4. The van der Waals surface area contributed by atoms with Crippen LogP contribution < -0.4 is 10.9 Å². The van der Waals surface area contributed by atoms with Crippen molar-refractivity contribution in [3.05, 3.63) is 63.0 Å². The summed E-state index contributed by atoms with van der Waals surface area (Å²) in [6.45, 7) is 2.46. The van der Waals surface area contributed by atoms with E-state index in [1.54, 1.807) is 18.3 Å². The Hall–Kier alpha value is -1.95. The molecule has 0 aliphatic heterocycles. The van der Waals surface area contributed by atoms with Gasteiger partial charge in [-0.05, 0) is 36.8 Å². The van der Waals surface area contributed by atoms with Crippen molar-refractivity contribution >= 4 is 17.3 Å². The van der Waals surface area contributed by atoms with Gasteiger partial charge in [0.2, 0.25) is 0 Å². The number of pyridine rings is 1. The molecule has 0 aliphatic rings. The number of nitrogens with zero attached hydrogens (tertiary/aromatic N) is 1. The molecule has 2 aromatic rings. The van der Waals surface area contributed by atoms with Crippen LogP contribution in [0.15, 0.2) is 41.3 Å². The minimum absolute atomic E-state index is 0.100. The maximum absolute atomic E-state index is 12.8. The molecule has 0 bridgehead atoms. The van der Waals surface area contributed by atoms with Gasteiger partial charge in [0.05, 0.1) is 10.6 Å². The number of anilines is 1.